The third-order valence-electron chi connectivity index (χ3n) is 4.28. The molecular weight excluding hydrogens is 236 g/mol. The third-order valence-corrected chi connectivity index (χ3v) is 4.28. The lowest BCUT2D eigenvalue weighted by atomic mass is 10.0. The third kappa shape index (κ3) is 3.09. The maximum atomic E-state index is 11.8. The Morgan fingerprint density at radius 1 is 1.37 bits per heavy atom. The van der Waals surface area contributed by atoms with Crippen LogP contribution < -0.4 is 10.6 Å². The van der Waals surface area contributed by atoms with Gasteiger partial charge in [-0.25, -0.2) is 0 Å². The number of nitrogens with one attached hydrogen (secondary N) is 2. The van der Waals surface area contributed by atoms with Crippen molar-refractivity contribution in [2.75, 3.05) is 12.4 Å². The molecule has 1 amide bonds. The molecule has 0 aliphatic heterocycles. The first-order valence-corrected chi connectivity index (χ1v) is 7.24. The van der Waals surface area contributed by atoms with Crippen LogP contribution in [0, 0.1) is 12.8 Å². The van der Waals surface area contributed by atoms with Crippen molar-refractivity contribution in [2.45, 2.75) is 45.6 Å². The molecule has 0 radical (unpaired) electrons. The molecule has 0 heterocycles. The lowest BCUT2D eigenvalue weighted by Crippen LogP contribution is -2.21. The summed E-state index contributed by atoms with van der Waals surface area (Å²) in [4.78, 5) is 11.8. The van der Waals surface area contributed by atoms with Gasteiger partial charge < -0.3 is 10.6 Å². The summed E-state index contributed by atoms with van der Waals surface area (Å²) in [5.41, 5.74) is 2.90. The number of benzene rings is 1. The molecule has 19 heavy (non-hydrogen) atoms. The predicted molar refractivity (Wildman–Crippen MR) is 79.6 cm³/mol. The van der Waals surface area contributed by atoms with Crippen LogP contribution in [0.4, 0.5) is 5.69 Å². The van der Waals surface area contributed by atoms with Crippen molar-refractivity contribution in [3.05, 3.63) is 29.3 Å². The molecule has 1 saturated carbocycles. The molecule has 2 unspecified atom stereocenters. The van der Waals surface area contributed by atoms with E-state index in [1.165, 1.54) is 25.7 Å². The topological polar surface area (TPSA) is 41.1 Å². The smallest absolute Gasteiger partial charge is 0.251 e. The van der Waals surface area contributed by atoms with Crippen LogP contribution >= 0.6 is 0 Å². The molecule has 1 fully saturated rings. The van der Waals surface area contributed by atoms with Crippen molar-refractivity contribution < 1.29 is 4.79 Å². The average Bonchev–Trinajstić information content (AvgIpc) is 2.88. The van der Waals surface area contributed by atoms with Crippen molar-refractivity contribution in [1.82, 2.24) is 5.32 Å². The first-order valence-electron chi connectivity index (χ1n) is 7.24. The highest BCUT2D eigenvalue weighted by Gasteiger charge is 2.23. The molecule has 104 valence electrons. The second-order valence-corrected chi connectivity index (χ2v) is 5.49. The highest BCUT2D eigenvalue weighted by Crippen LogP contribution is 2.31. The van der Waals surface area contributed by atoms with Crippen molar-refractivity contribution in [3.8, 4) is 0 Å². The van der Waals surface area contributed by atoms with Gasteiger partial charge in [-0.05, 0) is 49.8 Å². The molecule has 2 atom stereocenters. The van der Waals surface area contributed by atoms with Crippen LogP contribution in [0.2, 0.25) is 0 Å². The molecule has 1 aromatic rings. The molecule has 0 saturated heterocycles. The van der Waals surface area contributed by atoms with E-state index in [1.54, 1.807) is 7.05 Å². The van der Waals surface area contributed by atoms with E-state index >= 15 is 0 Å². The normalized spacial score (nSPS) is 22.3. The highest BCUT2D eigenvalue weighted by molar-refractivity contribution is 5.96. The Morgan fingerprint density at radius 3 is 2.79 bits per heavy atom. The Morgan fingerprint density at radius 2 is 2.16 bits per heavy atom. The summed E-state index contributed by atoms with van der Waals surface area (Å²) in [5.74, 6) is 0.846. The summed E-state index contributed by atoms with van der Waals surface area (Å²) in [6, 6.07) is 6.46. The minimum absolute atomic E-state index is 0.0148. The van der Waals surface area contributed by atoms with Gasteiger partial charge in [-0.2, -0.15) is 0 Å². The van der Waals surface area contributed by atoms with E-state index in [4.69, 9.17) is 0 Å². The number of carbonyl (C=O) groups is 1. The fraction of sp³-hybridized carbons (Fsp3) is 0.562. The maximum Gasteiger partial charge on any atom is 0.251 e. The van der Waals surface area contributed by atoms with Crippen molar-refractivity contribution in [3.63, 3.8) is 0 Å². The molecule has 3 nitrogen and oxygen atoms in total. The fourth-order valence-corrected chi connectivity index (χ4v) is 2.97. The molecule has 0 spiro atoms. The quantitative estimate of drug-likeness (QED) is 0.871. The average molecular weight is 260 g/mol. The lowest BCUT2D eigenvalue weighted by Gasteiger charge is -2.18. The summed E-state index contributed by atoms with van der Waals surface area (Å²) >= 11 is 0. The van der Waals surface area contributed by atoms with Crippen LogP contribution in [0.5, 0.6) is 0 Å². The Balaban J connectivity index is 2.11. The van der Waals surface area contributed by atoms with Crippen LogP contribution in [0.15, 0.2) is 18.2 Å². The molecule has 3 heteroatoms. The number of amides is 1. The molecule has 1 aliphatic carbocycles. The van der Waals surface area contributed by atoms with Gasteiger partial charge in [0.1, 0.15) is 0 Å². The van der Waals surface area contributed by atoms with Gasteiger partial charge >= 0.3 is 0 Å². The summed E-state index contributed by atoms with van der Waals surface area (Å²) in [6.45, 7) is 4.28. The summed E-state index contributed by atoms with van der Waals surface area (Å²) in [7, 11) is 1.67. The second-order valence-electron chi connectivity index (χ2n) is 5.49. The summed E-state index contributed by atoms with van der Waals surface area (Å²) in [5, 5.41) is 6.31. The highest BCUT2D eigenvalue weighted by atomic mass is 16.1. The fourth-order valence-electron chi connectivity index (χ4n) is 2.97. The second kappa shape index (κ2) is 6.09. The zero-order valence-corrected chi connectivity index (χ0v) is 12.1. The van der Waals surface area contributed by atoms with Crippen molar-refractivity contribution in [1.29, 1.82) is 0 Å². The van der Waals surface area contributed by atoms with E-state index in [9.17, 15) is 4.79 Å². The van der Waals surface area contributed by atoms with Crippen LogP contribution in [0.25, 0.3) is 0 Å². The molecule has 0 bridgehead atoms. The van der Waals surface area contributed by atoms with Crippen LogP contribution in [0.3, 0.4) is 0 Å². The van der Waals surface area contributed by atoms with Gasteiger partial charge in [-0.3, -0.25) is 4.79 Å². The molecular formula is C16H24N2O. The van der Waals surface area contributed by atoms with E-state index < -0.39 is 0 Å². The summed E-state index contributed by atoms with van der Waals surface area (Å²) in [6.07, 6.45) is 5.08. The number of carbonyl (C=O) groups excluding carboxylic acids is 1. The maximum absolute atomic E-state index is 11.8. The van der Waals surface area contributed by atoms with E-state index in [2.05, 4.69) is 23.6 Å². The SMILES string of the molecule is CCC1CCC(Nc2cccc(C(=O)NC)c2C)C1. The van der Waals surface area contributed by atoms with Gasteiger partial charge in [-0.1, -0.05) is 19.4 Å². The van der Waals surface area contributed by atoms with Gasteiger partial charge in [0.15, 0.2) is 0 Å². The van der Waals surface area contributed by atoms with Crippen LogP contribution in [0.1, 0.15) is 48.5 Å². The Hall–Kier alpha value is -1.51. The zero-order chi connectivity index (χ0) is 13.8. The molecule has 1 aliphatic rings. The zero-order valence-electron chi connectivity index (χ0n) is 12.1. The monoisotopic (exact) mass is 260 g/mol. The van der Waals surface area contributed by atoms with Crippen molar-refractivity contribution >= 4 is 11.6 Å². The first-order chi connectivity index (χ1) is 9.15. The van der Waals surface area contributed by atoms with E-state index in [0.29, 0.717) is 6.04 Å². The molecule has 2 N–H and O–H groups in total. The standard InChI is InChI=1S/C16H24N2O/c1-4-12-8-9-13(10-12)18-15-7-5-6-14(11(15)2)16(19)17-3/h5-7,12-13,18H,4,8-10H2,1-3H3,(H,17,19). The minimum atomic E-state index is -0.0148. The van der Waals surface area contributed by atoms with Gasteiger partial charge in [0.05, 0.1) is 0 Å². The van der Waals surface area contributed by atoms with Gasteiger partial charge in [0.25, 0.3) is 5.91 Å². The molecule has 2 rings (SSSR count). The number of anilines is 1. The Labute approximate surface area is 115 Å². The van der Waals surface area contributed by atoms with E-state index in [-0.39, 0.29) is 5.91 Å². The van der Waals surface area contributed by atoms with Crippen LogP contribution in [-0.2, 0) is 0 Å². The summed E-state index contributed by atoms with van der Waals surface area (Å²) < 4.78 is 0. The van der Waals surface area contributed by atoms with E-state index in [1.807, 2.05) is 19.1 Å². The predicted octanol–water partition coefficient (Wildman–Crippen LogP) is 3.35. The Kier molecular flexibility index (Phi) is 4.46. The van der Waals surface area contributed by atoms with Gasteiger partial charge in [0.2, 0.25) is 0 Å². The lowest BCUT2D eigenvalue weighted by molar-refractivity contribution is 0.0962. The number of hydrogen-bond donors (Lipinski definition) is 2. The minimum Gasteiger partial charge on any atom is -0.382 e. The first kappa shape index (κ1) is 13.9. The van der Waals surface area contributed by atoms with Gasteiger partial charge in [0, 0.05) is 24.3 Å². The number of rotatable bonds is 4. The van der Waals surface area contributed by atoms with Crippen LogP contribution in [-0.4, -0.2) is 19.0 Å². The van der Waals surface area contributed by atoms with E-state index in [0.717, 1.165) is 22.7 Å². The largest absolute Gasteiger partial charge is 0.382 e. The molecule has 0 aromatic heterocycles. The Bertz CT molecular complexity index is 456. The molecule has 1 aromatic carbocycles. The number of hydrogen-bond acceptors (Lipinski definition) is 2. The van der Waals surface area contributed by atoms with Gasteiger partial charge in [-0.15, -0.1) is 0 Å². The van der Waals surface area contributed by atoms with Crippen molar-refractivity contribution in [2.24, 2.45) is 5.92 Å².